The smallest absolute Gasteiger partial charge is 0.328 e. The highest BCUT2D eigenvalue weighted by molar-refractivity contribution is 9.10. The Kier molecular flexibility index (Phi) is 3.08. The fourth-order valence-corrected chi connectivity index (χ4v) is 1.44. The van der Waals surface area contributed by atoms with Crippen LogP contribution < -0.4 is 0 Å². The Hall–Kier alpha value is -0.840. The number of carboxylic acids is 1. The van der Waals surface area contributed by atoms with Crippen molar-refractivity contribution in [1.82, 2.24) is 9.78 Å². The Morgan fingerprint density at radius 1 is 1.85 bits per heavy atom. The van der Waals surface area contributed by atoms with Crippen LogP contribution in [0.3, 0.4) is 0 Å². The van der Waals surface area contributed by atoms with Gasteiger partial charge in [-0.3, -0.25) is 4.68 Å². The van der Waals surface area contributed by atoms with Gasteiger partial charge in [-0.1, -0.05) is 6.92 Å². The van der Waals surface area contributed by atoms with Gasteiger partial charge in [-0.05, 0) is 29.3 Å². The SMILES string of the molecule is CCC(C(=O)O)n1ncc(Br)c1C. The first-order chi connectivity index (χ1) is 6.07. The quantitative estimate of drug-likeness (QED) is 0.888. The molecule has 0 fully saturated rings. The maximum atomic E-state index is 10.8. The molecule has 1 rings (SSSR count). The van der Waals surface area contributed by atoms with Gasteiger partial charge in [-0.25, -0.2) is 4.79 Å². The monoisotopic (exact) mass is 246 g/mol. The Bertz CT molecular complexity index is 322. The van der Waals surface area contributed by atoms with E-state index >= 15 is 0 Å². The zero-order valence-corrected chi connectivity index (χ0v) is 9.08. The van der Waals surface area contributed by atoms with Gasteiger partial charge >= 0.3 is 5.97 Å². The fraction of sp³-hybridized carbons (Fsp3) is 0.500. The van der Waals surface area contributed by atoms with Gasteiger partial charge < -0.3 is 5.11 Å². The molecule has 5 heteroatoms. The normalized spacial score (nSPS) is 12.8. The zero-order valence-electron chi connectivity index (χ0n) is 7.49. The minimum atomic E-state index is -0.846. The van der Waals surface area contributed by atoms with E-state index in [2.05, 4.69) is 21.0 Å². The summed E-state index contributed by atoms with van der Waals surface area (Å²) in [5, 5.41) is 12.9. The Labute approximate surface area is 84.7 Å². The average molecular weight is 247 g/mol. The average Bonchev–Trinajstić information content (AvgIpc) is 2.37. The van der Waals surface area contributed by atoms with Crippen LogP contribution in [0.2, 0.25) is 0 Å². The van der Waals surface area contributed by atoms with Crippen LogP contribution >= 0.6 is 15.9 Å². The first kappa shape index (κ1) is 10.2. The lowest BCUT2D eigenvalue weighted by Crippen LogP contribution is -2.20. The minimum Gasteiger partial charge on any atom is -0.480 e. The summed E-state index contributed by atoms with van der Waals surface area (Å²) in [7, 11) is 0. The first-order valence-electron chi connectivity index (χ1n) is 4.00. The molecule has 72 valence electrons. The number of hydrogen-bond acceptors (Lipinski definition) is 2. The van der Waals surface area contributed by atoms with Crippen LogP contribution in [-0.2, 0) is 4.79 Å². The van der Waals surface area contributed by atoms with Crippen LogP contribution in [0.5, 0.6) is 0 Å². The van der Waals surface area contributed by atoms with E-state index in [-0.39, 0.29) is 0 Å². The van der Waals surface area contributed by atoms with Crippen molar-refractivity contribution in [2.75, 3.05) is 0 Å². The molecule has 0 amide bonds. The van der Waals surface area contributed by atoms with E-state index in [4.69, 9.17) is 5.11 Å². The van der Waals surface area contributed by atoms with E-state index in [0.717, 1.165) is 10.2 Å². The third-order valence-corrected chi connectivity index (χ3v) is 2.73. The van der Waals surface area contributed by atoms with E-state index < -0.39 is 12.0 Å². The largest absolute Gasteiger partial charge is 0.480 e. The summed E-state index contributed by atoms with van der Waals surface area (Å²) >= 11 is 3.29. The Morgan fingerprint density at radius 2 is 2.46 bits per heavy atom. The summed E-state index contributed by atoms with van der Waals surface area (Å²) < 4.78 is 2.36. The molecular weight excluding hydrogens is 236 g/mol. The fourth-order valence-electron chi connectivity index (χ4n) is 1.17. The van der Waals surface area contributed by atoms with E-state index in [1.54, 1.807) is 6.20 Å². The molecule has 0 aliphatic rings. The summed E-state index contributed by atoms with van der Waals surface area (Å²) in [5.41, 5.74) is 0.842. The topological polar surface area (TPSA) is 55.1 Å². The van der Waals surface area contributed by atoms with Crippen molar-refractivity contribution in [1.29, 1.82) is 0 Å². The van der Waals surface area contributed by atoms with Crippen molar-refractivity contribution in [3.63, 3.8) is 0 Å². The van der Waals surface area contributed by atoms with E-state index in [9.17, 15) is 4.79 Å². The molecule has 1 aromatic rings. The number of hydrogen-bond donors (Lipinski definition) is 1. The summed E-state index contributed by atoms with van der Waals surface area (Å²) in [5.74, 6) is -0.846. The van der Waals surface area contributed by atoms with E-state index in [1.165, 1.54) is 4.68 Å². The lowest BCUT2D eigenvalue weighted by molar-refractivity contribution is -0.141. The van der Waals surface area contributed by atoms with Gasteiger partial charge in [-0.15, -0.1) is 0 Å². The second-order valence-electron chi connectivity index (χ2n) is 2.78. The standard InChI is InChI=1S/C8H11BrN2O2/c1-3-7(8(12)13)11-5(2)6(9)4-10-11/h4,7H,3H2,1-2H3,(H,12,13). The number of carbonyl (C=O) groups is 1. The lowest BCUT2D eigenvalue weighted by atomic mass is 10.2. The molecule has 0 aliphatic carbocycles. The molecule has 0 bridgehead atoms. The third kappa shape index (κ3) is 1.91. The Morgan fingerprint density at radius 3 is 2.77 bits per heavy atom. The first-order valence-corrected chi connectivity index (χ1v) is 4.79. The number of aliphatic carboxylic acids is 1. The Balaban J connectivity index is 3.05. The van der Waals surface area contributed by atoms with Crippen LogP contribution in [0, 0.1) is 6.92 Å². The number of rotatable bonds is 3. The highest BCUT2D eigenvalue weighted by Crippen LogP contribution is 2.20. The minimum absolute atomic E-state index is 0.532. The zero-order chi connectivity index (χ0) is 10.0. The molecule has 0 saturated carbocycles. The predicted molar refractivity (Wildman–Crippen MR) is 51.6 cm³/mol. The summed E-state index contributed by atoms with van der Waals surface area (Å²) in [6, 6.07) is -0.564. The highest BCUT2D eigenvalue weighted by atomic mass is 79.9. The molecule has 1 atom stereocenters. The van der Waals surface area contributed by atoms with Crippen LogP contribution in [-0.4, -0.2) is 20.9 Å². The van der Waals surface area contributed by atoms with E-state index in [1.807, 2.05) is 13.8 Å². The maximum Gasteiger partial charge on any atom is 0.328 e. The molecule has 1 aromatic heterocycles. The van der Waals surface area contributed by atoms with E-state index in [0.29, 0.717) is 6.42 Å². The number of halogens is 1. The van der Waals surface area contributed by atoms with Crippen molar-refractivity contribution in [3.8, 4) is 0 Å². The number of nitrogens with zero attached hydrogens (tertiary/aromatic N) is 2. The van der Waals surface area contributed by atoms with Gasteiger partial charge in [-0.2, -0.15) is 5.10 Å². The maximum absolute atomic E-state index is 10.8. The van der Waals surface area contributed by atoms with Gasteiger partial charge in [0.15, 0.2) is 0 Å². The molecule has 0 radical (unpaired) electrons. The van der Waals surface area contributed by atoms with Crippen molar-refractivity contribution >= 4 is 21.9 Å². The highest BCUT2D eigenvalue weighted by Gasteiger charge is 2.20. The number of aromatic nitrogens is 2. The van der Waals surface area contributed by atoms with Gasteiger partial charge in [0.05, 0.1) is 16.4 Å². The summed E-state index contributed by atoms with van der Waals surface area (Å²) in [6.45, 7) is 3.66. The predicted octanol–water partition coefficient (Wildman–Crippen LogP) is 1.99. The summed E-state index contributed by atoms with van der Waals surface area (Å²) in [6.07, 6.45) is 2.14. The molecule has 0 spiro atoms. The number of carboxylic acid groups (broad SMARTS) is 1. The van der Waals surface area contributed by atoms with Crippen molar-refractivity contribution in [2.24, 2.45) is 0 Å². The molecule has 13 heavy (non-hydrogen) atoms. The molecule has 0 aromatic carbocycles. The van der Waals surface area contributed by atoms with Gasteiger partial charge in [0.2, 0.25) is 0 Å². The molecule has 4 nitrogen and oxygen atoms in total. The molecule has 0 saturated heterocycles. The van der Waals surface area contributed by atoms with Gasteiger partial charge in [0.25, 0.3) is 0 Å². The molecule has 1 N–H and O–H groups in total. The van der Waals surface area contributed by atoms with Gasteiger partial charge in [0.1, 0.15) is 6.04 Å². The molecule has 0 aliphatic heterocycles. The van der Waals surface area contributed by atoms with Crippen molar-refractivity contribution in [3.05, 3.63) is 16.4 Å². The third-order valence-electron chi connectivity index (χ3n) is 1.95. The molecule has 1 unspecified atom stereocenters. The van der Waals surface area contributed by atoms with Crippen LogP contribution in [0.15, 0.2) is 10.7 Å². The second-order valence-corrected chi connectivity index (χ2v) is 3.64. The van der Waals surface area contributed by atoms with Crippen molar-refractivity contribution < 1.29 is 9.90 Å². The van der Waals surface area contributed by atoms with Crippen molar-refractivity contribution in [2.45, 2.75) is 26.3 Å². The van der Waals surface area contributed by atoms with Crippen LogP contribution in [0.25, 0.3) is 0 Å². The summed E-state index contributed by atoms with van der Waals surface area (Å²) in [4.78, 5) is 10.8. The molecule has 1 heterocycles. The second kappa shape index (κ2) is 3.91. The van der Waals surface area contributed by atoms with Gasteiger partial charge in [0, 0.05) is 0 Å². The molecular formula is C8H11BrN2O2. The lowest BCUT2D eigenvalue weighted by Gasteiger charge is -2.12. The van der Waals surface area contributed by atoms with Crippen LogP contribution in [0.4, 0.5) is 0 Å². The van der Waals surface area contributed by atoms with Crippen LogP contribution in [0.1, 0.15) is 25.1 Å².